The number of hydrogen-bond acceptors (Lipinski definition) is 5. The van der Waals surface area contributed by atoms with Crippen molar-refractivity contribution in [1.29, 1.82) is 0 Å². The van der Waals surface area contributed by atoms with Crippen LogP contribution in [-0.2, 0) is 15.6 Å². The van der Waals surface area contributed by atoms with Crippen molar-refractivity contribution >= 4 is 19.4 Å². The fourth-order valence-corrected chi connectivity index (χ4v) is 2.30. The highest BCUT2D eigenvalue weighted by Gasteiger charge is 2.15. The molecule has 25 heavy (non-hydrogen) atoms. The van der Waals surface area contributed by atoms with E-state index in [0.717, 1.165) is 4.57 Å². The first-order valence-electron chi connectivity index (χ1n) is 8.32. The number of aromatic nitrogens is 4. The van der Waals surface area contributed by atoms with Crippen molar-refractivity contribution < 1.29 is 14.0 Å². The van der Waals surface area contributed by atoms with Crippen LogP contribution < -0.4 is 11.2 Å². The van der Waals surface area contributed by atoms with Gasteiger partial charge in [-0.3, -0.25) is 14.3 Å². The van der Waals surface area contributed by atoms with Gasteiger partial charge >= 0.3 is 13.9 Å². The van der Waals surface area contributed by atoms with Crippen molar-refractivity contribution in [2.45, 2.75) is 59.5 Å². The van der Waals surface area contributed by atoms with Gasteiger partial charge in [-0.05, 0) is 20.3 Å². The monoisotopic (exact) mass is 373 g/mol. The second kappa shape index (κ2) is 10.2. The fraction of sp³-hybridized carbons (Fsp3) is 0.667. The van der Waals surface area contributed by atoms with Crippen LogP contribution in [0.15, 0.2) is 15.9 Å². The Labute approximate surface area is 146 Å². The zero-order chi connectivity index (χ0) is 19.0. The maximum absolute atomic E-state index is 12.4. The summed E-state index contributed by atoms with van der Waals surface area (Å²) >= 11 is 0. The summed E-state index contributed by atoms with van der Waals surface area (Å²) in [6.07, 6.45) is 4.42. The van der Waals surface area contributed by atoms with Crippen molar-refractivity contribution in [3.8, 4) is 0 Å². The van der Waals surface area contributed by atoms with Gasteiger partial charge in [-0.25, -0.2) is 9.78 Å². The van der Waals surface area contributed by atoms with Gasteiger partial charge in [-0.1, -0.05) is 26.7 Å². The van der Waals surface area contributed by atoms with Gasteiger partial charge in [0.15, 0.2) is 11.2 Å². The Hall–Kier alpha value is -1.83. The first kappa shape index (κ1) is 21.2. The molecule has 0 spiro atoms. The molecular weight excluding hydrogens is 347 g/mol. The molecule has 2 rings (SSSR count). The number of nitrogens with one attached hydrogen (secondary N) is 1. The van der Waals surface area contributed by atoms with Gasteiger partial charge in [-0.2, -0.15) is 0 Å². The van der Waals surface area contributed by atoms with Crippen molar-refractivity contribution in [3.05, 3.63) is 27.2 Å². The van der Waals surface area contributed by atoms with Crippen LogP contribution in [0.5, 0.6) is 0 Å². The summed E-state index contributed by atoms with van der Waals surface area (Å²) < 4.78 is 17.6. The summed E-state index contributed by atoms with van der Waals surface area (Å²) in [6.45, 7) is 8.25. The number of aromatic amines is 1. The van der Waals surface area contributed by atoms with Gasteiger partial charge in [0.1, 0.15) is 6.61 Å². The molecule has 0 bridgehead atoms. The molecule has 10 heteroatoms. The Morgan fingerprint density at radius 2 is 1.96 bits per heavy atom. The van der Waals surface area contributed by atoms with E-state index in [2.05, 4.69) is 28.3 Å². The predicted molar refractivity (Wildman–Crippen MR) is 96.0 cm³/mol. The summed E-state index contributed by atoms with van der Waals surface area (Å²) in [4.78, 5) is 39.3. The Kier molecular flexibility index (Phi) is 8.68. The molecular formula is C15H26N4O5P+. The van der Waals surface area contributed by atoms with Crippen LogP contribution in [0.4, 0.5) is 0 Å². The molecule has 0 aromatic carbocycles. The molecule has 0 saturated heterocycles. The minimum Gasteiger partial charge on any atom is -0.322 e. The lowest BCUT2D eigenvalue weighted by Crippen LogP contribution is -2.36. The summed E-state index contributed by atoms with van der Waals surface area (Å²) in [5.74, 6) is 0. The summed E-state index contributed by atoms with van der Waals surface area (Å²) in [5.41, 5.74) is -0.411. The molecule has 0 fully saturated rings. The Morgan fingerprint density at radius 1 is 1.32 bits per heavy atom. The van der Waals surface area contributed by atoms with E-state index in [1.165, 1.54) is 19.2 Å². The molecule has 1 unspecified atom stereocenters. The Bertz CT molecular complexity index is 806. The van der Waals surface area contributed by atoms with Gasteiger partial charge in [0.2, 0.25) is 0 Å². The van der Waals surface area contributed by atoms with E-state index in [1.807, 2.05) is 13.8 Å². The third-order valence-electron chi connectivity index (χ3n) is 3.50. The molecule has 0 radical (unpaired) electrons. The quantitative estimate of drug-likeness (QED) is 0.568. The minimum absolute atomic E-state index is 0.0148. The zero-order valence-corrected chi connectivity index (χ0v) is 16.0. The van der Waals surface area contributed by atoms with E-state index < -0.39 is 19.5 Å². The topological polar surface area (TPSA) is 119 Å². The average molecular weight is 373 g/mol. The van der Waals surface area contributed by atoms with E-state index in [1.54, 1.807) is 4.57 Å². The lowest BCUT2D eigenvalue weighted by Gasteiger charge is -2.08. The van der Waals surface area contributed by atoms with Crippen LogP contribution in [0.3, 0.4) is 0 Å². The SMILES string of the molecule is CC(C)n1cnc2[nH]c(=O)n(CCCO[P+](=O)O)c(=O)c21.CCCC. The van der Waals surface area contributed by atoms with Crippen LogP contribution in [0.25, 0.3) is 11.2 Å². The van der Waals surface area contributed by atoms with Crippen LogP contribution >= 0.6 is 8.25 Å². The minimum atomic E-state index is -2.67. The number of H-pyrrole nitrogens is 1. The molecule has 0 aliphatic carbocycles. The van der Waals surface area contributed by atoms with E-state index >= 15 is 0 Å². The van der Waals surface area contributed by atoms with E-state index in [4.69, 9.17) is 4.89 Å². The second-order valence-electron chi connectivity index (χ2n) is 5.75. The molecule has 2 N–H and O–H groups in total. The molecule has 0 amide bonds. The van der Waals surface area contributed by atoms with E-state index in [9.17, 15) is 14.2 Å². The average Bonchev–Trinajstić information content (AvgIpc) is 2.98. The van der Waals surface area contributed by atoms with Crippen LogP contribution in [0.2, 0.25) is 0 Å². The largest absolute Gasteiger partial charge is 0.694 e. The Morgan fingerprint density at radius 3 is 2.48 bits per heavy atom. The summed E-state index contributed by atoms with van der Waals surface area (Å²) in [7, 11) is -2.67. The van der Waals surface area contributed by atoms with Gasteiger partial charge in [0.05, 0.1) is 6.33 Å². The zero-order valence-electron chi connectivity index (χ0n) is 15.1. The van der Waals surface area contributed by atoms with Gasteiger partial charge in [0, 0.05) is 17.2 Å². The third kappa shape index (κ3) is 5.88. The van der Waals surface area contributed by atoms with E-state index in [-0.39, 0.29) is 31.3 Å². The molecule has 1 atom stereocenters. The number of nitrogens with zero attached hydrogens (tertiary/aromatic N) is 3. The molecule has 2 aromatic heterocycles. The second-order valence-corrected chi connectivity index (χ2v) is 6.49. The highest BCUT2D eigenvalue weighted by molar-refractivity contribution is 7.32. The van der Waals surface area contributed by atoms with Crippen molar-refractivity contribution in [3.63, 3.8) is 0 Å². The molecule has 9 nitrogen and oxygen atoms in total. The molecule has 0 saturated carbocycles. The number of hydrogen-bond donors (Lipinski definition) is 2. The predicted octanol–water partition coefficient (Wildman–Crippen LogP) is 2.33. The molecule has 2 heterocycles. The number of imidazole rings is 1. The van der Waals surface area contributed by atoms with Gasteiger partial charge < -0.3 is 4.57 Å². The van der Waals surface area contributed by atoms with Crippen LogP contribution in [0.1, 0.15) is 53.0 Å². The lowest BCUT2D eigenvalue weighted by molar-refractivity contribution is 0.270. The van der Waals surface area contributed by atoms with E-state index in [0.29, 0.717) is 5.52 Å². The maximum atomic E-state index is 12.4. The molecule has 140 valence electrons. The van der Waals surface area contributed by atoms with Crippen molar-refractivity contribution in [2.24, 2.45) is 0 Å². The van der Waals surface area contributed by atoms with Gasteiger partial charge in [0.25, 0.3) is 5.56 Å². The van der Waals surface area contributed by atoms with Crippen LogP contribution in [-0.4, -0.2) is 30.6 Å². The molecule has 2 aromatic rings. The number of unbranched alkanes of at least 4 members (excludes halogenated alkanes) is 1. The number of rotatable bonds is 7. The summed E-state index contributed by atoms with van der Waals surface area (Å²) in [5, 5.41) is 0. The van der Waals surface area contributed by atoms with Gasteiger partial charge in [-0.15, -0.1) is 9.42 Å². The standard InChI is InChI=1S/C11H15N4O5P.C4H10/c1-7(2)15-6-12-9-8(15)10(16)14(11(17)13-9)4-3-5-20-21(18)19;1-3-4-2/h6-7H,3-5H2,1-2H3,(H-,13,16,17,18,19);3-4H2,1-2H3/p+1. The third-order valence-corrected chi connectivity index (χ3v) is 3.90. The summed E-state index contributed by atoms with van der Waals surface area (Å²) in [6, 6.07) is 0.0313. The van der Waals surface area contributed by atoms with Crippen molar-refractivity contribution in [2.75, 3.05) is 6.61 Å². The first-order chi connectivity index (χ1) is 11.8. The van der Waals surface area contributed by atoms with Crippen LogP contribution in [0, 0.1) is 0 Å². The smallest absolute Gasteiger partial charge is 0.322 e. The Balaban J connectivity index is 0.000000705. The lowest BCUT2D eigenvalue weighted by atomic mass is 10.3. The number of fused-ring (bicyclic) bond motifs is 1. The fourth-order valence-electron chi connectivity index (χ4n) is 2.01. The first-order valence-corrected chi connectivity index (χ1v) is 9.45. The van der Waals surface area contributed by atoms with Crippen molar-refractivity contribution in [1.82, 2.24) is 19.1 Å². The maximum Gasteiger partial charge on any atom is 0.694 e. The molecule has 0 aliphatic rings. The molecule has 0 aliphatic heterocycles. The normalized spacial score (nSPS) is 11.5. The highest BCUT2D eigenvalue weighted by atomic mass is 31.1. The highest BCUT2D eigenvalue weighted by Crippen LogP contribution is 2.14.